The van der Waals surface area contributed by atoms with Crippen LogP contribution in [0.2, 0.25) is 0 Å². The smallest absolute Gasteiger partial charge is 0.119 e. The van der Waals surface area contributed by atoms with Gasteiger partial charge in [0.25, 0.3) is 0 Å². The van der Waals surface area contributed by atoms with Gasteiger partial charge in [0, 0.05) is 17.9 Å². The Hall–Kier alpha value is -2.27. The second kappa shape index (κ2) is 5.37. The predicted molar refractivity (Wildman–Crippen MR) is 71.4 cm³/mol. The lowest BCUT2D eigenvalue weighted by molar-refractivity contribution is 0.464. The normalized spacial score (nSPS) is 11.8. The Labute approximate surface area is 107 Å². The number of benzene rings is 2. The number of nitriles is 1. The first-order chi connectivity index (χ1) is 8.72. The molecule has 0 saturated heterocycles. The maximum atomic E-state index is 9.98. The van der Waals surface area contributed by atoms with E-state index in [9.17, 15) is 5.11 Å². The van der Waals surface area contributed by atoms with Gasteiger partial charge in [0.05, 0.1) is 6.07 Å². The average Bonchev–Trinajstić information content (AvgIpc) is 2.40. The zero-order valence-corrected chi connectivity index (χ0v) is 10.3. The third-order valence-electron chi connectivity index (χ3n) is 3.06. The maximum Gasteiger partial charge on any atom is 0.119 e. The van der Waals surface area contributed by atoms with Gasteiger partial charge in [-0.3, -0.25) is 0 Å². The van der Waals surface area contributed by atoms with Crippen molar-refractivity contribution in [2.24, 2.45) is 0 Å². The van der Waals surface area contributed by atoms with Crippen molar-refractivity contribution in [3.63, 3.8) is 0 Å². The molecule has 2 nitrogen and oxygen atoms in total. The van der Waals surface area contributed by atoms with Crippen LogP contribution >= 0.6 is 0 Å². The Morgan fingerprint density at radius 2 is 1.89 bits per heavy atom. The standard InChI is InChI=1S/C16H15NO/c1-12-7-8-16(18)15(11-12)14(9-10-17)13-5-3-2-4-6-13/h2-8,11,14,18H,9H2,1H3/t14-/m1/s1. The van der Waals surface area contributed by atoms with E-state index in [1.54, 1.807) is 6.07 Å². The zero-order valence-electron chi connectivity index (χ0n) is 10.3. The van der Waals surface area contributed by atoms with Crippen LogP contribution in [-0.2, 0) is 0 Å². The monoisotopic (exact) mass is 237 g/mol. The summed E-state index contributed by atoms with van der Waals surface area (Å²) < 4.78 is 0. The molecule has 0 aliphatic heterocycles. The van der Waals surface area contributed by atoms with Crippen LogP contribution in [0.15, 0.2) is 48.5 Å². The molecule has 0 heterocycles. The van der Waals surface area contributed by atoms with Crippen LogP contribution in [0.1, 0.15) is 29.0 Å². The van der Waals surface area contributed by atoms with Gasteiger partial charge in [-0.2, -0.15) is 5.26 Å². The minimum Gasteiger partial charge on any atom is -0.508 e. The third kappa shape index (κ3) is 2.52. The summed E-state index contributed by atoms with van der Waals surface area (Å²) in [5, 5.41) is 19.0. The number of phenols is 1. The second-order valence-electron chi connectivity index (χ2n) is 4.39. The molecule has 1 atom stereocenters. The highest BCUT2D eigenvalue weighted by atomic mass is 16.3. The summed E-state index contributed by atoms with van der Waals surface area (Å²) in [7, 11) is 0. The molecule has 90 valence electrons. The highest BCUT2D eigenvalue weighted by Crippen LogP contribution is 2.34. The van der Waals surface area contributed by atoms with Crippen LogP contribution < -0.4 is 0 Å². The molecule has 0 bridgehead atoms. The number of aromatic hydroxyl groups is 1. The lowest BCUT2D eigenvalue weighted by atomic mass is 9.87. The number of phenolic OH excluding ortho intramolecular Hbond substituents is 1. The number of aryl methyl sites for hydroxylation is 1. The molecule has 2 rings (SSSR count). The van der Waals surface area contributed by atoms with E-state index in [2.05, 4.69) is 6.07 Å². The summed E-state index contributed by atoms with van der Waals surface area (Å²) in [5.74, 6) is 0.181. The molecule has 0 radical (unpaired) electrons. The number of hydrogen-bond donors (Lipinski definition) is 1. The summed E-state index contributed by atoms with van der Waals surface area (Å²) in [6.07, 6.45) is 0.362. The van der Waals surface area contributed by atoms with Crippen molar-refractivity contribution < 1.29 is 5.11 Å². The summed E-state index contributed by atoms with van der Waals surface area (Å²) in [4.78, 5) is 0. The van der Waals surface area contributed by atoms with Crippen molar-refractivity contribution >= 4 is 0 Å². The van der Waals surface area contributed by atoms with Crippen LogP contribution in [0.25, 0.3) is 0 Å². The van der Waals surface area contributed by atoms with E-state index in [4.69, 9.17) is 5.26 Å². The van der Waals surface area contributed by atoms with Crippen LogP contribution in [0.3, 0.4) is 0 Å². The molecular formula is C16H15NO. The lowest BCUT2D eigenvalue weighted by Crippen LogP contribution is -2.01. The molecule has 0 fully saturated rings. The highest BCUT2D eigenvalue weighted by Gasteiger charge is 2.17. The number of hydrogen-bond acceptors (Lipinski definition) is 2. The number of nitrogens with zero attached hydrogens (tertiary/aromatic N) is 1. The van der Waals surface area contributed by atoms with Gasteiger partial charge in [0.1, 0.15) is 5.75 Å². The Morgan fingerprint density at radius 1 is 1.17 bits per heavy atom. The van der Waals surface area contributed by atoms with E-state index in [0.717, 1.165) is 16.7 Å². The highest BCUT2D eigenvalue weighted by molar-refractivity contribution is 5.43. The van der Waals surface area contributed by atoms with Gasteiger partial charge >= 0.3 is 0 Å². The molecular weight excluding hydrogens is 222 g/mol. The van der Waals surface area contributed by atoms with Crippen molar-refractivity contribution in [1.82, 2.24) is 0 Å². The van der Waals surface area contributed by atoms with Crippen LogP contribution in [-0.4, -0.2) is 5.11 Å². The molecule has 0 aliphatic carbocycles. The van der Waals surface area contributed by atoms with Gasteiger partial charge in [0.15, 0.2) is 0 Å². The van der Waals surface area contributed by atoms with E-state index in [1.807, 2.05) is 49.4 Å². The van der Waals surface area contributed by atoms with E-state index < -0.39 is 0 Å². The van der Waals surface area contributed by atoms with Gasteiger partial charge in [-0.25, -0.2) is 0 Å². The van der Waals surface area contributed by atoms with Gasteiger partial charge in [0.2, 0.25) is 0 Å². The fourth-order valence-electron chi connectivity index (χ4n) is 2.14. The second-order valence-corrected chi connectivity index (χ2v) is 4.39. The first-order valence-corrected chi connectivity index (χ1v) is 5.94. The summed E-state index contributed by atoms with van der Waals surface area (Å²) >= 11 is 0. The molecule has 0 aliphatic rings. The molecule has 2 aromatic rings. The fourth-order valence-corrected chi connectivity index (χ4v) is 2.14. The van der Waals surface area contributed by atoms with Gasteiger partial charge in [-0.1, -0.05) is 48.0 Å². The largest absolute Gasteiger partial charge is 0.508 e. The van der Waals surface area contributed by atoms with Crippen LogP contribution in [0.5, 0.6) is 5.75 Å². The van der Waals surface area contributed by atoms with Crippen molar-refractivity contribution in [2.45, 2.75) is 19.3 Å². The minimum absolute atomic E-state index is 0.0731. The van der Waals surface area contributed by atoms with Gasteiger partial charge in [-0.15, -0.1) is 0 Å². The van der Waals surface area contributed by atoms with E-state index in [-0.39, 0.29) is 11.7 Å². The first-order valence-electron chi connectivity index (χ1n) is 5.94. The summed E-state index contributed by atoms with van der Waals surface area (Å²) in [5.41, 5.74) is 2.96. The molecule has 0 aromatic heterocycles. The Bertz CT molecular complexity index is 569. The van der Waals surface area contributed by atoms with Crippen molar-refractivity contribution in [1.29, 1.82) is 5.26 Å². The van der Waals surface area contributed by atoms with Gasteiger partial charge < -0.3 is 5.11 Å². The molecule has 0 saturated carbocycles. The van der Waals surface area contributed by atoms with Crippen molar-refractivity contribution in [3.8, 4) is 11.8 Å². The first kappa shape index (κ1) is 12.2. The summed E-state index contributed by atoms with van der Waals surface area (Å²) in [6.45, 7) is 1.98. The molecule has 18 heavy (non-hydrogen) atoms. The molecule has 2 aromatic carbocycles. The molecule has 0 amide bonds. The average molecular weight is 237 g/mol. The topological polar surface area (TPSA) is 44.0 Å². The van der Waals surface area contributed by atoms with Crippen LogP contribution in [0, 0.1) is 18.3 Å². The third-order valence-corrected chi connectivity index (χ3v) is 3.06. The Balaban J connectivity index is 2.49. The van der Waals surface area contributed by atoms with E-state index >= 15 is 0 Å². The predicted octanol–water partition coefficient (Wildman–Crippen LogP) is 3.75. The molecule has 0 spiro atoms. The fraction of sp³-hybridized carbons (Fsp3) is 0.188. The van der Waals surface area contributed by atoms with Crippen molar-refractivity contribution in [3.05, 3.63) is 65.2 Å². The van der Waals surface area contributed by atoms with Crippen LogP contribution in [0.4, 0.5) is 0 Å². The quantitative estimate of drug-likeness (QED) is 0.883. The Morgan fingerprint density at radius 3 is 2.56 bits per heavy atom. The lowest BCUT2D eigenvalue weighted by Gasteiger charge is -2.16. The van der Waals surface area contributed by atoms with Crippen molar-refractivity contribution in [2.75, 3.05) is 0 Å². The minimum atomic E-state index is -0.0731. The summed E-state index contributed by atoms with van der Waals surface area (Å²) in [6, 6.07) is 17.5. The molecule has 1 N–H and O–H groups in total. The molecule has 0 unspecified atom stereocenters. The van der Waals surface area contributed by atoms with Gasteiger partial charge in [-0.05, 0) is 18.6 Å². The number of rotatable bonds is 3. The SMILES string of the molecule is Cc1ccc(O)c([C@H](CC#N)c2ccccc2)c1. The zero-order chi connectivity index (χ0) is 13.0. The van der Waals surface area contributed by atoms with E-state index in [0.29, 0.717) is 6.42 Å². The molecule has 2 heteroatoms. The van der Waals surface area contributed by atoms with E-state index in [1.165, 1.54) is 0 Å². The maximum absolute atomic E-state index is 9.98. The Kier molecular flexibility index (Phi) is 3.64.